The molecule has 1 aliphatic carbocycles. The summed E-state index contributed by atoms with van der Waals surface area (Å²) in [5.74, 6) is 1.91. The van der Waals surface area contributed by atoms with E-state index in [9.17, 15) is 0 Å². The number of aryl methyl sites for hydroxylation is 1. The highest BCUT2D eigenvalue weighted by Crippen LogP contribution is 2.26. The topological polar surface area (TPSA) is 21.3 Å². The Kier molecular flexibility index (Phi) is 4.07. The van der Waals surface area contributed by atoms with E-state index < -0.39 is 0 Å². The number of rotatable bonds is 7. The molecule has 0 bridgehead atoms. The van der Waals surface area contributed by atoms with Gasteiger partial charge in [-0.1, -0.05) is 19.1 Å². The molecule has 1 N–H and O–H groups in total. The van der Waals surface area contributed by atoms with Crippen LogP contribution in [0, 0.1) is 5.92 Å². The summed E-state index contributed by atoms with van der Waals surface area (Å²) in [4.78, 5) is 0. The molecule has 1 aliphatic heterocycles. The van der Waals surface area contributed by atoms with Crippen LogP contribution in [0.2, 0.25) is 0 Å². The van der Waals surface area contributed by atoms with Gasteiger partial charge in [0.2, 0.25) is 0 Å². The maximum Gasteiger partial charge on any atom is 0.122 e. The number of ether oxygens (including phenoxy) is 1. The molecule has 0 saturated heterocycles. The van der Waals surface area contributed by atoms with Crippen LogP contribution in [0.25, 0.3) is 0 Å². The van der Waals surface area contributed by atoms with Crippen molar-refractivity contribution in [2.24, 2.45) is 5.92 Å². The second-order valence-corrected chi connectivity index (χ2v) is 6.22. The van der Waals surface area contributed by atoms with E-state index in [1.165, 1.54) is 49.8 Å². The van der Waals surface area contributed by atoms with E-state index in [1.54, 1.807) is 0 Å². The largest absolute Gasteiger partial charge is 0.493 e. The highest BCUT2D eigenvalue weighted by atomic mass is 16.5. The van der Waals surface area contributed by atoms with Gasteiger partial charge in [-0.25, -0.2) is 0 Å². The van der Waals surface area contributed by atoms with E-state index in [0.717, 1.165) is 30.7 Å². The zero-order chi connectivity index (χ0) is 13.1. The minimum absolute atomic E-state index is 0.804. The lowest BCUT2D eigenvalue weighted by molar-refractivity contribution is 0.357. The van der Waals surface area contributed by atoms with E-state index in [-0.39, 0.29) is 0 Å². The lowest BCUT2D eigenvalue weighted by Gasteiger charge is -2.12. The van der Waals surface area contributed by atoms with Gasteiger partial charge in [0.15, 0.2) is 0 Å². The Morgan fingerprint density at radius 2 is 2.26 bits per heavy atom. The Morgan fingerprint density at radius 1 is 1.37 bits per heavy atom. The molecule has 2 nitrogen and oxygen atoms in total. The quantitative estimate of drug-likeness (QED) is 0.811. The van der Waals surface area contributed by atoms with E-state index in [1.807, 2.05) is 0 Å². The van der Waals surface area contributed by atoms with Crippen molar-refractivity contribution in [3.63, 3.8) is 0 Å². The molecule has 1 unspecified atom stereocenters. The third-order valence-electron chi connectivity index (χ3n) is 4.25. The molecule has 0 radical (unpaired) electrons. The molecule has 104 valence electrons. The van der Waals surface area contributed by atoms with Crippen LogP contribution in [0.4, 0.5) is 0 Å². The first-order chi connectivity index (χ1) is 9.31. The van der Waals surface area contributed by atoms with Gasteiger partial charge in [-0.3, -0.25) is 0 Å². The van der Waals surface area contributed by atoms with Gasteiger partial charge >= 0.3 is 0 Å². The molecule has 0 aromatic heterocycles. The Balaban J connectivity index is 1.39. The van der Waals surface area contributed by atoms with Gasteiger partial charge in [-0.2, -0.15) is 0 Å². The third kappa shape index (κ3) is 3.73. The fourth-order valence-electron chi connectivity index (χ4n) is 2.81. The van der Waals surface area contributed by atoms with E-state index in [0.29, 0.717) is 0 Å². The van der Waals surface area contributed by atoms with Gasteiger partial charge in [0.05, 0.1) is 6.61 Å². The third-order valence-corrected chi connectivity index (χ3v) is 4.25. The molecule has 1 saturated carbocycles. The highest BCUT2D eigenvalue weighted by molar-refractivity contribution is 5.39. The smallest absolute Gasteiger partial charge is 0.122 e. The molecule has 3 rings (SSSR count). The molecule has 1 fully saturated rings. The maximum atomic E-state index is 5.55. The molecule has 2 aliphatic rings. The minimum atomic E-state index is 0.804. The van der Waals surface area contributed by atoms with Crippen molar-refractivity contribution >= 4 is 0 Å². The van der Waals surface area contributed by atoms with Gasteiger partial charge in [0.25, 0.3) is 0 Å². The van der Waals surface area contributed by atoms with Crippen LogP contribution in [-0.4, -0.2) is 19.2 Å². The summed E-state index contributed by atoms with van der Waals surface area (Å²) >= 11 is 0. The maximum absolute atomic E-state index is 5.55. The fraction of sp³-hybridized carbons (Fsp3) is 0.647. The SMILES string of the molecule is CC(CCCc1ccc2c(c1)CCO2)CNC1CC1. The van der Waals surface area contributed by atoms with Crippen LogP contribution in [0.1, 0.15) is 43.7 Å². The number of hydrogen-bond donors (Lipinski definition) is 1. The zero-order valence-corrected chi connectivity index (χ0v) is 12.0. The first kappa shape index (κ1) is 13.0. The second-order valence-electron chi connectivity index (χ2n) is 6.22. The fourth-order valence-corrected chi connectivity index (χ4v) is 2.81. The Bertz CT molecular complexity index is 425. The van der Waals surface area contributed by atoms with Gasteiger partial charge in [-0.05, 0) is 61.8 Å². The first-order valence-electron chi connectivity index (χ1n) is 7.79. The Labute approximate surface area is 116 Å². The van der Waals surface area contributed by atoms with Crippen molar-refractivity contribution in [2.45, 2.75) is 51.5 Å². The normalized spacial score (nSPS) is 19.0. The average molecular weight is 259 g/mol. The summed E-state index contributed by atoms with van der Waals surface area (Å²) in [6, 6.07) is 7.57. The highest BCUT2D eigenvalue weighted by Gasteiger charge is 2.20. The van der Waals surface area contributed by atoms with E-state index in [4.69, 9.17) is 4.74 Å². The van der Waals surface area contributed by atoms with Crippen molar-refractivity contribution in [1.29, 1.82) is 0 Å². The predicted octanol–water partition coefficient (Wildman–Crippen LogP) is 3.33. The van der Waals surface area contributed by atoms with Crippen molar-refractivity contribution < 1.29 is 4.74 Å². The number of hydrogen-bond acceptors (Lipinski definition) is 2. The molecule has 1 atom stereocenters. The predicted molar refractivity (Wildman–Crippen MR) is 78.8 cm³/mol. The van der Waals surface area contributed by atoms with Crippen molar-refractivity contribution in [3.05, 3.63) is 29.3 Å². The molecular weight excluding hydrogens is 234 g/mol. The monoisotopic (exact) mass is 259 g/mol. The molecule has 1 heterocycles. The molecule has 19 heavy (non-hydrogen) atoms. The molecular formula is C17H25NO. The molecule has 2 heteroatoms. The average Bonchev–Trinajstić information content (AvgIpc) is 3.13. The molecule has 0 spiro atoms. The van der Waals surface area contributed by atoms with Crippen molar-refractivity contribution in [2.75, 3.05) is 13.2 Å². The number of benzene rings is 1. The van der Waals surface area contributed by atoms with Gasteiger partial charge in [0, 0.05) is 12.5 Å². The Morgan fingerprint density at radius 3 is 3.11 bits per heavy atom. The summed E-state index contributed by atoms with van der Waals surface area (Å²) in [6.07, 6.45) is 7.71. The van der Waals surface area contributed by atoms with Crippen LogP contribution < -0.4 is 10.1 Å². The van der Waals surface area contributed by atoms with Crippen LogP contribution in [0.3, 0.4) is 0 Å². The minimum Gasteiger partial charge on any atom is -0.493 e. The number of nitrogens with one attached hydrogen (secondary N) is 1. The summed E-state index contributed by atoms with van der Waals surface area (Å²) < 4.78 is 5.55. The van der Waals surface area contributed by atoms with E-state index >= 15 is 0 Å². The van der Waals surface area contributed by atoms with Crippen LogP contribution in [0.5, 0.6) is 5.75 Å². The van der Waals surface area contributed by atoms with Gasteiger partial charge in [0.1, 0.15) is 5.75 Å². The lowest BCUT2D eigenvalue weighted by atomic mass is 9.99. The summed E-state index contributed by atoms with van der Waals surface area (Å²) in [5, 5.41) is 3.62. The molecule has 1 aromatic rings. The first-order valence-corrected chi connectivity index (χ1v) is 7.79. The van der Waals surface area contributed by atoms with Crippen molar-refractivity contribution in [1.82, 2.24) is 5.32 Å². The number of fused-ring (bicyclic) bond motifs is 1. The van der Waals surface area contributed by atoms with Gasteiger partial charge in [-0.15, -0.1) is 0 Å². The zero-order valence-electron chi connectivity index (χ0n) is 12.0. The lowest BCUT2D eigenvalue weighted by Crippen LogP contribution is -2.23. The molecule has 1 aromatic carbocycles. The van der Waals surface area contributed by atoms with Crippen molar-refractivity contribution in [3.8, 4) is 5.75 Å². The summed E-state index contributed by atoms with van der Waals surface area (Å²) in [5.41, 5.74) is 2.88. The van der Waals surface area contributed by atoms with Gasteiger partial charge < -0.3 is 10.1 Å². The van der Waals surface area contributed by atoms with Crippen LogP contribution in [0.15, 0.2) is 18.2 Å². The summed E-state index contributed by atoms with van der Waals surface area (Å²) in [7, 11) is 0. The van der Waals surface area contributed by atoms with Crippen LogP contribution >= 0.6 is 0 Å². The Hall–Kier alpha value is -1.02. The van der Waals surface area contributed by atoms with E-state index in [2.05, 4.69) is 30.4 Å². The summed E-state index contributed by atoms with van der Waals surface area (Å²) in [6.45, 7) is 4.43. The standard InChI is InChI=1S/C17H25NO/c1-13(12-18-16-6-7-16)3-2-4-14-5-8-17-15(11-14)9-10-19-17/h5,8,11,13,16,18H,2-4,6-7,9-10,12H2,1H3. The van der Waals surface area contributed by atoms with Crippen LogP contribution in [-0.2, 0) is 12.8 Å². The molecule has 0 amide bonds. The second kappa shape index (κ2) is 5.96.